The van der Waals surface area contributed by atoms with Crippen LogP contribution in [0.15, 0.2) is 42.5 Å². The Hall–Kier alpha value is -2.86. The molecule has 1 unspecified atom stereocenters. The average molecular weight is 368 g/mol. The van der Waals surface area contributed by atoms with Gasteiger partial charge in [-0.3, -0.25) is 9.59 Å². The van der Waals surface area contributed by atoms with E-state index in [9.17, 15) is 9.59 Å². The van der Waals surface area contributed by atoms with E-state index < -0.39 is 0 Å². The number of hydrogen-bond acceptors (Lipinski definition) is 4. The molecule has 0 aromatic heterocycles. The van der Waals surface area contributed by atoms with E-state index in [4.69, 9.17) is 9.47 Å². The van der Waals surface area contributed by atoms with Crippen LogP contribution in [0, 0.1) is 0 Å². The van der Waals surface area contributed by atoms with Crippen molar-refractivity contribution < 1.29 is 19.1 Å². The first-order valence-electron chi connectivity index (χ1n) is 8.88. The maximum atomic E-state index is 12.6. The summed E-state index contributed by atoms with van der Waals surface area (Å²) in [5.74, 6) is 0.172. The summed E-state index contributed by atoms with van der Waals surface area (Å²) < 4.78 is 11.1. The fourth-order valence-electron chi connectivity index (χ4n) is 3.21. The van der Waals surface area contributed by atoms with Crippen LogP contribution in [0.5, 0.6) is 5.75 Å². The smallest absolute Gasteiger partial charge is 0.253 e. The number of ether oxygens (including phenoxy) is 2. The molecule has 1 aliphatic rings. The number of benzene rings is 2. The predicted octanol–water partition coefficient (Wildman–Crippen LogP) is 3.04. The number of methoxy groups -OCH3 is 1. The van der Waals surface area contributed by atoms with Crippen molar-refractivity contribution in [2.24, 2.45) is 0 Å². The highest BCUT2D eigenvalue weighted by molar-refractivity contribution is 5.98. The largest absolute Gasteiger partial charge is 0.495 e. The van der Waals surface area contributed by atoms with Crippen LogP contribution in [0.2, 0.25) is 0 Å². The number of anilines is 1. The molecule has 1 heterocycles. The van der Waals surface area contributed by atoms with E-state index in [0.29, 0.717) is 23.6 Å². The van der Waals surface area contributed by atoms with Crippen molar-refractivity contribution in [1.82, 2.24) is 4.90 Å². The van der Waals surface area contributed by atoms with Gasteiger partial charge >= 0.3 is 0 Å². The molecule has 0 spiro atoms. The van der Waals surface area contributed by atoms with Crippen LogP contribution in [0.3, 0.4) is 0 Å². The Labute approximate surface area is 159 Å². The third-order valence-electron chi connectivity index (χ3n) is 4.59. The van der Waals surface area contributed by atoms with Gasteiger partial charge in [0.25, 0.3) is 5.91 Å². The van der Waals surface area contributed by atoms with Gasteiger partial charge in [-0.25, -0.2) is 0 Å². The summed E-state index contributed by atoms with van der Waals surface area (Å²) in [6.07, 6.45) is 0.788. The second kappa shape index (κ2) is 8.22. The van der Waals surface area contributed by atoms with Crippen LogP contribution in [0.4, 0.5) is 5.69 Å². The van der Waals surface area contributed by atoms with Crippen LogP contribution in [0.25, 0.3) is 0 Å². The Morgan fingerprint density at radius 1 is 1.22 bits per heavy atom. The molecule has 0 saturated heterocycles. The Morgan fingerprint density at radius 2 is 2.00 bits per heavy atom. The van der Waals surface area contributed by atoms with Crippen molar-refractivity contribution in [3.8, 4) is 5.75 Å². The van der Waals surface area contributed by atoms with Crippen molar-refractivity contribution in [3.05, 3.63) is 59.2 Å². The normalized spacial score (nSPS) is 15.6. The van der Waals surface area contributed by atoms with E-state index in [0.717, 1.165) is 12.0 Å². The lowest BCUT2D eigenvalue weighted by molar-refractivity contribution is -0.119. The number of hydrogen-bond donors (Lipinski definition) is 1. The molecular weight excluding hydrogens is 344 g/mol. The highest BCUT2D eigenvalue weighted by atomic mass is 16.5. The van der Waals surface area contributed by atoms with Gasteiger partial charge in [0.2, 0.25) is 5.91 Å². The summed E-state index contributed by atoms with van der Waals surface area (Å²) >= 11 is 0. The molecule has 0 bridgehead atoms. The first kappa shape index (κ1) is 18.9. The lowest BCUT2D eigenvalue weighted by Crippen LogP contribution is -2.23. The SMILES string of the molecule is COc1ccc(C(=O)N(C)C)cc1NC(=O)CC1OCCc2ccccc21. The Balaban J connectivity index is 1.76. The molecule has 2 amide bonds. The first-order chi connectivity index (χ1) is 13.0. The number of carbonyl (C=O) groups excluding carboxylic acids is 2. The van der Waals surface area contributed by atoms with Crippen molar-refractivity contribution in [1.29, 1.82) is 0 Å². The van der Waals surface area contributed by atoms with E-state index in [1.165, 1.54) is 17.6 Å². The van der Waals surface area contributed by atoms with Gasteiger partial charge in [0, 0.05) is 19.7 Å². The first-order valence-corrected chi connectivity index (χ1v) is 8.88. The number of amides is 2. The average Bonchev–Trinajstić information content (AvgIpc) is 2.67. The van der Waals surface area contributed by atoms with Gasteiger partial charge in [-0.2, -0.15) is 0 Å². The molecule has 27 heavy (non-hydrogen) atoms. The number of fused-ring (bicyclic) bond motifs is 1. The van der Waals surface area contributed by atoms with Crippen molar-refractivity contribution in [2.75, 3.05) is 33.1 Å². The van der Waals surface area contributed by atoms with Gasteiger partial charge < -0.3 is 19.7 Å². The summed E-state index contributed by atoms with van der Waals surface area (Å²) in [7, 11) is 4.89. The van der Waals surface area contributed by atoms with E-state index in [1.54, 1.807) is 32.3 Å². The summed E-state index contributed by atoms with van der Waals surface area (Å²) in [5, 5.41) is 2.86. The van der Waals surface area contributed by atoms with Crippen LogP contribution >= 0.6 is 0 Å². The van der Waals surface area contributed by atoms with Gasteiger partial charge in [-0.1, -0.05) is 24.3 Å². The summed E-state index contributed by atoms with van der Waals surface area (Å²) in [4.78, 5) is 26.3. The van der Waals surface area contributed by atoms with E-state index >= 15 is 0 Å². The lowest BCUT2D eigenvalue weighted by atomic mass is 9.95. The number of nitrogens with zero attached hydrogens (tertiary/aromatic N) is 1. The van der Waals surface area contributed by atoms with Gasteiger partial charge in [-0.15, -0.1) is 0 Å². The van der Waals surface area contributed by atoms with E-state index in [2.05, 4.69) is 11.4 Å². The topological polar surface area (TPSA) is 67.9 Å². The van der Waals surface area contributed by atoms with Crippen LogP contribution in [0.1, 0.15) is 34.0 Å². The molecule has 0 aliphatic carbocycles. The van der Waals surface area contributed by atoms with Gasteiger partial charge in [0.15, 0.2) is 0 Å². The fraction of sp³-hybridized carbons (Fsp3) is 0.333. The van der Waals surface area contributed by atoms with Gasteiger partial charge in [0.1, 0.15) is 5.75 Å². The van der Waals surface area contributed by atoms with Gasteiger partial charge in [-0.05, 0) is 35.7 Å². The maximum absolute atomic E-state index is 12.6. The number of carbonyl (C=O) groups is 2. The second-order valence-corrected chi connectivity index (χ2v) is 6.68. The number of nitrogens with one attached hydrogen (secondary N) is 1. The molecule has 6 nitrogen and oxygen atoms in total. The van der Waals surface area contributed by atoms with E-state index in [-0.39, 0.29) is 24.3 Å². The molecule has 2 aromatic carbocycles. The molecule has 1 atom stereocenters. The molecule has 1 aliphatic heterocycles. The molecule has 3 rings (SSSR count). The van der Waals surface area contributed by atoms with Crippen molar-refractivity contribution in [2.45, 2.75) is 18.9 Å². The Morgan fingerprint density at radius 3 is 2.74 bits per heavy atom. The minimum Gasteiger partial charge on any atom is -0.495 e. The zero-order valence-corrected chi connectivity index (χ0v) is 15.8. The minimum absolute atomic E-state index is 0.141. The quantitative estimate of drug-likeness (QED) is 0.881. The van der Waals surface area contributed by atoms with Crippen LogP contribution in [-0.4, -0.2) is 44.5 Å². The summed E-state index contributed by atoms with van der Waals surface area (Å²) in [6, 6.07) is 13.0. The standard InChI is InChI=1S/C21H24N2O4/c1-23(2)21(25)15-8-9-18(26-3)17(12-15)22-20(24)13-19-16-7-5-4-6-14(16)10-11-27-19/h4-9,12,19H,10-11,13H2,1-3H3,(H,22,24). The molecule has 0 saturated carbocycles. The van der Waals surface area contributed by atoms with Crippen molar-refractivity contribution in [3.63, 3.8) is 0 Å². The highest BCUT2D eigenvalue weighted by Crippen LogP contribution is 2.31. The summed E-state index contributed by atoms with van der Waals surface area (Å²) in [6.45, 7) is 0.602. The highest BCUT2D eigenvalue weighted by Gasteiger charge is 2.23. The lowest BCUT2D eigenvalue weighted by Gasteiger charge is -2.25. The molecule has 2 aromatic rings. The molecule has 142 valence electrons. The Kier molecular flexibility index (Phi) is 5.76. The van der Waals surface area contributed by atoms with Crippen LogP contribution < -0.4 is 10.1 Å². The summed E-state index contributed by atoms with van der Waals surface area (Å²) in [5.41, 5.74) is 3.23. The third-order valence-corrected chi connectivity index (χ3v) is 4.59. The molecule has 0 radical (unpaired) electrons. The van der Waals surface area contributed by atoms with Crippen LogP contribution in [-0.2, 0) is 16.0 Å². The third kappa shape index (κ3) is 4.28. The molecule has 1 N–H and O–H groups in total. The zero-order chi connectivity index (χ0) is 19.4. The second-order valence-electron chi connectivity index (χ2n) is 6.68. The van der Waals surface area contributed by atoms with Gasteiger partial charge in [0.05, 0.1) is 31.9 Å². The maximum Gasteiger partial charge on any atom is 0.253 e. The molecular formula is C21H24N2O4. The minimum atomic E-state index is -0.271. The predicted molar refractivity (Wildman–Crippen MR) is 103 cm³/mol. The van der Waals surface area contributed by atoms with Crippen molar-refractivity contribution >= 4 is 17.5 Å². The fourth-order valence-corrected chi connectivity index (χ4v) is 3.21. The monoisotopic (exact) mass is 368 g/mol. The molecule has 0 fully saturated rings. The zero-order valence-electron chi connectivity index (χ0n) is 15.8. The Bertz CT molecular complexity index is 848. The number of rotatable bonds is 5. The molecule has 6 heteroatoms. The van der Waals surface area contributed by atoms with E-state index in [1.807, 2.05) is 18.2 Å².